The van der Waals surface area contributed by atoms with Crippen LogP contribution in [0.2, 0.25) is 0 Å². The number of benzene rings is 2. The van der Waals surface area contributed by atoms with Crippen molar-refractivity contribution in [3.8, 4) is 0 Å². The first-order valence-electron chi connectivity index (χ1n) is 8.54. The Balaban J connectivity index is 1.89. The van der Waals surface area contributed by atoms with Gasteiger partial charge in [0.25, 0.3) is 0 Å². The van der Waals surface area contributed by atoms with Crippen LogP contribution in [0.25, 0.3) is 0 Å². The molecule has 0 amide bonds. The van der Waals surface area contributed by atoms with Gasteiger partial charge in [-0.3, -0.25) is 4.90 Å². The topological polar surface area (TPSA) is 53.6 Å². The van der Waals surface area contributed by atoms with Gasteiger partial charge in [0.1, 0.15) is 0 Å². The van der Waals surface area contributed by atoms with Gasteiger partial charge in [-0.2, -0.15) is 0 Å². The lowest BCUT2D eigenvalue weighted by Crippen LogP contribution is -2.22. The molecule has 0 aliphatic heterocycles. The fraction of sp³-hybridized carbons (Fsp3) is 0.350. The highest BCUT2D eigenvalue weighted by Gasteiger charge is 2.01. The quantitative estimate of drug-likeness (QED) is 0.602. The maximum Gasteiger partial charge on any atom is 0.193 e. The molecule has 2 aromatic carbocycles. The molecule has 128 valence electrons. The van der Waals surface area contributed by atoms with Crippen LogP contribution in [0.5, 0.6) is 0 Å². The third-order valence-corrected chi connectivity index (χ3v) is 4.08. The monoisotopic (exact) mass is 324 g/mol. The Bertz CT molecular complexity index is 640. The van der Waals surface area contributed by atoms with E-state index >= 15 is 0 Å². The number of anilines is 1. The van der Waals surface area contributed by atoms with Crippen LogP contribution in [0, 0.1) is 6.92 Å². The Labute approximate surface area is 145 Å². The summed E-state index contributed by atoms with van der Waals surface area (Å²) >= 11 is 0. The Hall–Kier alpha value is -2.33. The van der Waals surface area contributed by atoms with E-state index in [9.17, 15) is 0 Å². The van der Waals surface area contributed by atoms with Crippen molar-refractivity contribution in [1.82, 2.24) is 4.90 Å². The summed E-state index contributed by atoms with van der Waals surface area (Å²) in [6, 6.07) is 16.7. The summed E-state index contributed by atoms with van der Waals surface area (Å²) in [5.74, 6) is 0.436. The zero-order valence-electron chi connectivity index (χ0n) is 14.9. The molecule has 4 nitrogen and oxygen atoms in total. The lowest BCUT2D eigenvalue weighted by Gasteiger charge is -2.17. The van der Waals surface area contributed by atoms with Gasteiger partial charge < -0.3 is 11.1 Å². The van der Waals surface area contributed by atoms with Crippen LogP contribution in [0.3, 0.4) is 0 Å². The molecule has 4 heteroatoms. The summed E-state index contributed by atoms with van der Waals surface area (Å²) < 4.78 is 0. The van der Waals surface area contributed by atoms with E-state index in [-0.39, 0.29) is 0 Å². The largest absolute Gasteiger partial charge is 0.370 e. The molecule has 0 aliphatic rings. The average Bonchev–Trinajstić information content (AvgIpc) is 2.61. The zero-order valence-corrected chi connectivity index (χ0v) is 14.9. The van der Waals surface area contributed by atoms with Gasteiger partial charge >= 0.3 is 0 Å². The number of aryl methyl sites for hydroxylation is 1. The van der Waals surface area contributed by atoms with Gasteiger partial charge in [0.2, 0.25) is 0 Å². The van der Waals surface area contributed by atoms with E-state index in [1.807, 2.05) is 24.3 Å². The standard InChI is InChI=1S/C20H28N4/c1-4-24(5-2)15-18-10-8-17(9-11-18)14-22-20(21)23-19-12-6-16(3)7-13-19/h6-13H,4-5,14-15H2,1-3H3,(H3,21,22,23). The molecule has 0 atom stereocenters. The van der Waals surface area contributed by atoms with Crippen molar-refractivity contribution in [1.29, 1.82) is 0 Å². The van der Waals surface area contributed by atoms with Crippen LogP contribution < -0.4 is 11.1 Å². The predicted molar refractivity (Wildman–Crippen MR) is 103 cm³/mol. The molecule has 0 bridgehead atoms. The third-order valence-electron chi connectivity index (χ3n) is 4.08. The van der Waals surface area contributed by atoms with E-state index in [0.29, 0.717) is 12.5 Å². The van der Waals surface area contributed by atoms with Crippen LogP contribution in [-0.4, -0.2) is 23.9 Å². The fourth-order valence-electron chi connectivity index (χ4n) is 2.46. The molecule has 0 fully saturated rings. The van der Waals surface area contributed by atoms with Gasteiger partial charge in [-0.05, 0) is 43.3 Å². The van der Waals surface area contributed by atoms with Crippen LogP contribution in [0.1, 0.15) is 30.5 Å². The first kappa shape index (κ1) is 18.0. The molecule has 0 radical (unpaired) electrons. The van der Waals surface area contributed by atoms with Crippen LogP contribution in [0.15, 0.2) is 53.5 Å². The van der Waals surface area contributed by atoms with E-state index in [2.05, 4.69) is 60.2 Å². The molecule has 2 aromatic rings. The van der Waals surface area contributed by atoms with Crippen molar-refractivity contribution in [2.24, 2.45) is 10.7 Å². The molecule has 0 saturated carbocycles. The van der Waals surface area contributed by atoms with Crippen molar-refractivity contribution >= 4 is 11.6 Å². The molecule has 0 heterocycles. The second-order valence-corrected chi connectivity index (χ2v) is 5.97. The smallest absolute Gasteiger partial charge is 0.193 e. The highest BCUT2D eigenvalue weighted by molar-refractivity contribution is 5.92. The molecule has 0 spiro atoms. The maximum absolute atomic E-state index is 5.96. The van der Waals surface area contributed by atoms with E-state index in [4.69, 9.17) is 5.73 Å². The number of guanidine groups is 1. The summed E-state index contributed by atoms with van der Waals surface area (Å²) in [5, 5.41) is 3.11. The van der Waals surface area contributed by atoms with Gasteiger partial charge in [0.05, 0.1) is 6.54 Å². The Kier molecular flexibility index (Phi) is 6.82. The highest BCUT2D eigenvalue weighted by Crippen LogP contribution is 2.10. The van der Waals surface area contributed by atoms with E-state index in [0.717, 1.165) is 30.9 Å². The number of rotatable bonds is 7. The third kappa shape index (κ3) is 5.70. The first-order chi connectivity index (χ1) is 11.6. The molecule has 3 N–H and O–H groups in total. The molecule has 0 saturated heterocycles. The molecule has 0 aliphatic carbocycles. The van der Waals surface area contributed by atoms with Gasteiger partial charge in [-0.25, -0.2) is 4.99 Å². The second-order valence-electron chi connectivity index (χ2n) is 5.97. The number of hydrogen-bond donors (Lipinski definition) is 2. The SMILES string of the molecule is CCN(CC)Cc1ccc(CN=C(N)Nc2ccc(C)cc2)cc1. The lowest BCUT2D eigenvalue weighted by atomic mass is 10.1. The minimum absolute atomic E-state index is 0.436. The van der Waals surface area contributed by atoms with Crippen molar-refractivity contribution in [2.45, 2.75) is 33.9 Å². The van der Waals surface area contributed by atoms with Crippen molar-refractivity contribution < 1.29 is 0 Å². The first-order valence-corrected chi connectivity index (χ1v) is 8.54. The van der Waals surface area contributed by atoms with Crippen molar-refractivity contribution in [3.05, 3.63) is 65.2 Å². The summed E-state index contributed by atoms with van der Waals surface area (Å²) in [6.07, 6.45) is 0. The van der Waals surface area contributed by atoms with Gasteiger partial charge in [-0.1, -0.05) is 55.8 Å². The molecule has 0 unspecified atom stereocenters. The fourth-order valence-corrected chi connectivity index (χ4v) is 2.46. The van der Waals surface area contributed by atoms with Crippen LogP contribution in [0.4, 0.5) is 5.69 Å². The number of nitrogens with zero attached hydrogens (tertiary/aromatic N) is 2. The normalized spacial score (nSPS) is 11.8. The van der Waals surface area contributed by atoms with Crippen molar-refractivity contribution in [3.63, 3.8) is 0 Å². The summed E-state index contributed by atoms with van der Waals surface area (Å²) in [5.41, 5.74) is 10.6. The number of nitrogens with two attached hydrogens (primary N) is 1. The zero-order chi connectivity index (χ0) is 17.4. The maximum atomic E-state index is 5.96. The highest BCUT2D eigenvalue weighted by atomic mass is 15.1. The van der Waals surface area contributed by atoms with Gasteiger partial charge in [0.15, 0.2) is 5.96 Å². The summed E-state index contributed by atoms with van der Waals surface area (Å²) in [6.45, 7) is 10.2. The minimum Gasteiger partial charge on any atom is -0.370 e. The summed E-state index contributed by atoms with van der Waals surface area (Å²) in [7, 11) is 0. The van der Waals surface area contributed by atoms with E-state index in [1.54, 1.807) is 0 Å². The Morgan fingerprint density at radius 3 is 2.12 bits per heavy atom. The number of aliphatic imine (C=N–C) groups is 1. The Morgan fingerprint density at radius 2 is 1.54 bits per heavy atom. The Morgan fingerprint density at radius 1 is 0.958 bits per heavy atom. The van der Waals surface area contributed by atoms with Gasteiger partial charge in [-0.15, -0.1) is 0 Å². The van der Waals surface area contributed by atoms with Gasteiger partial charge in [0, 0.05) is 12.2 Å². The predicted octanol–water partition coefficient (Wildman–Crippen LogP) is 3.76. The molecular formula is C20H28N4. The van der Waals surface area contributed by atoms with E-state index < -0.39 is 0 Å². The second kappa shape index (κ2) is 9.08. The van der Waals surface area contributed by atoms with Crippen molar-refractivity contribution in [2.75, 3.05) is 18.4 Å². The average molecular weight is 324 g/mol. The van der Waals surface area contributed by atoms with E-state index in [1.165, 1.54) is 11.1 Å². The summed E-state index contributed by atoms with van der Waals surface area (Å²) in [4.78, 5) is 6.81. The lowest BCUT2D eigenvalue weighted by molar-refractivity contribution is 0.296. The molecule has 0 aromatic heterocycles. The molecular weight excluding hydrogens is 296 g/mol. The number of hydrogen-bond acceptors (Lipinski definition) is 2. The number of nitrogens with one attached hydrogen (secondary N) is 1. The van der Waals surface area contributed by atoms with Crippen LogP contribution in [-0.2, 0) is 13.1 Å². The van der Waals surface area contributed by atoms with Crippen LogP contribution >= 0.6 is 0 Å². The molecule has 2 rings (SSSR count). The molecule has 24 heavy (non-hydrogen) atoms. The minimum atomic E-state index is 0.436.